The van der Waals surface area contributed by atoms with E-state index in [2.05, 4.69) is 239 Å². The number of anilines is 2. The molecule has 14 rings (SSSR count). The van der Waals surface area contributed by atoms with Gasteiger partial charge in [-0.2, -0.15) is 0 Å². The van der Waals surface area contributed by atoms with Gasteiger partial charge >= 0.3 is 0 Å². The van der Waals surface area contributed by atoms with Gasteiger partial charge in [-0.15, -0.1) is 0 Å². The Bertz CT molecular complexity index is 4000. The molecule has 353 valence electrons. The summed E-state index contributed by atoms with van der Waals surface area (Å²) in [5.74, 6) is 0.881. The van der Waals surface area contributed by atoms with Gasteiger partial charge < -0.3 is 14.3 Å². The van der Waals surface area contributed by atoms with Crippen LogP contribution in [0.5, 0.6) is 0 Å². The van der Waals surface area contributed by atoms with E-state index < -0.39 is 0 Å². The fourth-order valence-electron chi connectivity index (χ4n) is 13.6. The van der Waals surface area contributed by atoms with Crippen molar-refractivity contribution in [2.45, 2.75) is 116 Å². The predicted molar refractivity (Wildman–Crippen MR) is 305 cm³/mol. The molecular weight excluding hydrogens is 872 g/mol. The third-order valence-corrected chi connectivity index (χ3v) is 18.0. The van der Waals surface area contributed by atoms with Crippen molar-refractivity contribution in [2.24, 2.45) is 0 Å². The quantitative estimate of drug-likeness (QED) is 0.178. The van der Waals surface area contributed by atoms with Crippen molar-refractivity contribution >= 4 is 62.4 Å². The fourth-order valence-corrected chi connectivity index (χ4v) is 13.6. The van der Waals surface area contributed by atoms with Crippen LogP contribution in [0.2, 0.25) is 0 Å². The molecule has 72 heavy (non-hydrogen) atoms. The minimum atomic E-state index is -0.196. The van der Waals surface area contributed by atoms with Gasteiger partial charge in [0.2, 0.25) is 0 Å². The number of fused-ring (bicyclic) bond motifs is 13. The Kier molecular flexibility index (Phi) is 8.71. The average Bonchev–Trinajstić information content (AvgIpc) is 4.05. The second-order valence-electron chi connectivity index (χ2n) is 25.1. The number of benzene rings is 8. The highest BCUT2D eigenvalue weighted by Gasteiger charge is 2.44. The van der Waals surface area contributed by atoms with E-state index in [1.54, 1.807) is 0 Å². The SMILES string of the molecule is CC(C)(C)c1ccc(Nc2cc3c(cc2-c2ccc4c5cc6c(cc5n5c4c2[B]c2cc4oc(-c7ccccc7)cc4cc2-5)-c2ccccc2C6(C)C)-c2cc4c(cc2C3(C)C)C(C)(C)CCC4(C)C)cc1. The molecule has 4 aliphatic rings. The maximum atomic E-state index is 6.73. The van der Waals surface area contributed by atoms with Crippen molar-refractivity contribution < 1.29 is 4.42 Å². The Morgan fingerprint density at radius 2 is 1.18 bits per heavy atom. The van der Waals surface area contributed by atoms with Gasteiger partial charge in [-0.1, -0.05) is 167 Å². The molecule has 0 spiro atoms. The predicted octanol–water partition coefficient (Wildman–Crippen LogP) is 16.8. The normalized spacial score (nSPS) is 17.0. The lowest BCUT2D eigenvalue weighted by atomic mass is 9.59. The molecular formula is C68H62BN2O. The molecule has 3 heterocycles. The number of hydrogen-bond donors (Lipinski definition) is 1. The summed E-state index contributed by atoms with van der Waals surface area (Å²) in [7, 11) is 2.46. The Labute approximate surface area is 425 Å². The highest BCUT2D eigenvalue weighted by atomic mass is 16.3. The number of rotatable bonds is 4. The van der Waals surface area contributed by atoms with E-state index in [0.29, 0.717) is 0 Å². The molecule has 3 nitrogen and oxygen atoms in total. The highest BCUT2D eigenvalue weighted by Crippen LogP contribution is 2.57. The van der Waals surface area contributed by atoms with Gasteiger partial charge in [0.15, 0.2) is 7.28 Å². The number of nitrogens with zero attached hydrogens (tertiary/aromatic N) is 1. The molecule has 1 radical (unpaired) electrons. The lowest BCUT2D eigenvalue weighted by molar-refractivity contribution is 0.331. The third-order valence-electron chi connectivity index (χ3n) is 18.0. The van der Waals surface area contributed by atoms with Crippen LogP contribution in [0.3, 0.4) is 0 Å². The minimum absolute atomic E-state index is 0.0572. The number of furan rings is 1. The minimum Gasteiger partial charge on any atom is -0.456 e. The molecule has 0 unspecified atom stereocenters. The molecule has 0 fully saturated rings. The van der Waals surface area contributed by atoms with Gasteiger partial charge in [0.1, 0.15) is 11.3 Å². The molecule has 8 aromatic carbocycles. The Hall–Kier alpha value is -7.04. The summed E-state index contributed by atoms with van der Waals surface area (Å²) in [6.45, 7) is 26.4. The van der Waals surface area contributed by atoms with Crippen LogP contribution in [-0.4, -0.2) is 11.8 Å². The first-order chi connectivity index (χ1) is 34.3. The van der Waals surface area contributed by atoms with Crippen molar-refractivity contribution in [3.05, 3.63) is 185 Å². The zero-order valence-electron chi connectivity index (χ0n) is 43.7. The van der Waals surface area contributed by atoms with Crippen LogP contribution >= 0.6 is 0 Å². The van der Waals surface area contributed by atoms with E-state index >= 15 is 0 Å². The van der Waals surface area contributed by atoms with Crippen LogP contribution in [-0.2, 0) is 27.1 Å². The summed E-state index contributed by atoms with van der Waals surface area (Å²) in [4.78, 5) is 0. The van der Waals surface area contributed by atoms with Gasteiger partial charge in [-0.25, -0.2) is 0 Å². The first-order valence-corrected chi connectivity index (χ1v) is 26.3. The lowest BCUT2D eigenvalue weighted by Crippen LogP contribution is -2.37. The van der Waals surface area contributed by atoms with Gasteiger partial charge in [-0.05, 0) is 162 Å². The second kappa shape index (κ2) is 14.3. The molecule has 0 amide bonds. The molecule has 0 saturated carbocycles. The summed E-state index contributed by atoms with van der Waals surface area (Å²) in [5.41, 5.74) is 27.9. The van der Waals surface area contributed by atoms with Crippen LogP contribution in [0, 0.1) is 0 Å². The van der Waals surface area contributed by atoms with Crippen molar-refractivity contribution in [1.82, 2.24) is 4.57 Å². The van der Waals surface area contributed by atoms with Crippen LogP contribution in [0.4, 0.5) is 11.4 Å². The van der Waals surface area contributed by atoms with Crippen molar-refractivity contribution in [2.75, 3.05) is 5.32 Å². The maximum absolute atomic E-state index is 6.73. The third kappa shape index (κ3) is 6.05. The summed E-state index contributed by atoms with van der Waals surface area (Å²) in [6.07, 6.45) is 2.38. The highest BCUT2D eigenvalue weighted by molar-refractivity contribution is 6.73. The maximum Gasteiger partial charge on any atom is 0.198 e. The van der Waals surface area contributed by atoms with E-state index in [1.165, 1.54) is 118 Å². The van der Waals surface area contributed by atoms with E-state index in [9.17, 15) is 0 Å². The van der Waals surface area contributed by atoms with E-state index in [-0.39, 0.29) is 27.1 Å². The Morgan fingerprint density at radius 3 is 1.93 bits per heavy atom. The standard InChI is InChI=1S/C68H62BN2O/c1-64(2,3)40-21-23-41(24-22-40)70-57-36-53-45(46-32-54-55(35-52(46)68(53,10)11)66(6,7)28-27-65(54,4)5)31-48(57)43-25-26-44-49-33-51-47(42-19-15-16-20-50(42)67(51,8)9)34-58(49)71-59-29-39-30-60(38-17-13-12-14-18-38)72-61(39)37-56(59)69-62(43)63(44)71/h12-26,29-37,70H,27-28H2,1-11H3. The number of aromatic nitrogens is 1. The lowest BCUT2D eigenvalue weighted by Gasteiger charge is -2.42. The average molecular weight is 934 g/mol. The van der Waals surface area contributed by atoms with Crippen LogP contribution in [0.15, 0.2) is 150 Å². The van der Waals surface area contributed by atoms with Gasteiger partial charge in [0.25, 0.3) is 0 Å². The molecule has 3 aliphatic carbocycles. The fraction of sp³-hybridized carbons (Fsp3) is 0.265. The zero-order chi connectivity index (χ0) is 49.6. The molecule has 0 bridgehead atoms. The topological polar surface area (TPSA) is 30.1 Å². The molecule has 0 atom stereocenters. The van der Waals surface area contributed by atoms with E-state index in [1.807, 2.05) is 0 Å². The molecule has 2 aromatic heterocycles. The van der Waals surface area contributed by atoms with Crippen molar-refractivity contribution in [3.63, 3.8) is 0 Å². The summed E-state index contributed by atoms with van der Waals surface area (Å²) < 4.78 is 9.32. The molecule has 1 aliphatic heterocycles. The summed E-state index contributed by atoms with van der Waals surface area (Å²) in [5, 5.41) is 7.71. The molecule has 0 saturated heterocycles. The zero-order valence-corrected chi connectivity index (χ0v) is 43.7. The van der Waals surface area contributed by atoms with E-state index in [4.69, 9.17) is 4.42 Å². The van der Waals surface area contributed by atoms with Crippen molar-refractivity contribution in [1.29, 1.82) is 0 Å². The van der Waals surface area contributed by atoms with Crippen molar-refractivity contribution in [3.8, 4) is 50.4 Å². The van der Waals surface area contributed by atoms with Crippen LogP contribution < -0.4 is 16.2 Å². The second-order valence-corrected chi connectivity index (χ2v) is 25.1. The first-order valence-electron chi connectivity index (χ1n) is 26.3. The van der Waals surface area contributed by atoms with Crippen LogP contribution in [0.25, 0.3) is 83.2 Å². The number of nitrogens with one attached hydrogen (secondary N) is 1. The largest absolute Gasteiger partial charge is 0.456 e. The van der Waals surface area contributed by atoms with E-state index in [0.717, 1.165) is 39.1 Å². The smallest absolute Gasteiger partial charge is 0.198 e. The van der Waals surface area contributed by atoms with Gasteiger partial charge in [-0.3, -0.25) is 0 Å². The monoisotopic (exact) mass is 933 g/mol. The summed E-state index contributed by atoms with van der Waals surface area (Å²) in [6, 6.07) is 55.6. The Morgan fingerprint density at radius 1 is 0.528 bits per heavy atom. The van der Waals surface area contributed by atoms with Gasteiger partial charge in [0.05, 0.1) is 5.52 Å². The molecule has 1 N–H and O–H groups in total. The van der Waals surface area contributed by atoms with Crippen LogP contribution in [0.1, 0.15) is 128 Å². The Balaban J connectivity index is 1.05. The number of hydrogen-bond acceptors (Lipinski definition) is 2. The molecule has 10 aromatic rings. The van der Waals surface area contributed by atoms with Gasteiger partial charge in [0, 0.05) is 60.7 Å². The molecule has 4 heteroatoms. The first kappa shape index (κ1) is 43.7. The summed E-state index contributed by atoms with van der Waals surface area (Å²) >= 11 is 0.